The summed E-state index contributed by atoms with van der Waals surface area (Å²) in [5.74, 6) is -2.27. The number of hydrogen-bond acceptors (Lipinski definition) is 2. The number of carboxylic acids is 1. The molecule has 128 valence electrons. The van der Waals surface area contributed by atoms with Gasteiger partial charge >= 0.3 is 12.1 Å². The van der Waals surface area contributed by atoms with Gasteiger partial charge in [-0.15, -0.1) is 0 Å². The fourth-order valence-electron chi connectivity index (χ4n) is 2.20. The van der Waals surface area contributed by atoms with Crippen LogP contribution in [0.15, 0.2) is 30.3 Å². The van der Waals surface area contributed by atoms with E-state index in [1.807, 2.05) is 0 Å². The molecule has 0 bridgehead atoms. The van der Waals surface area contributed by atoms with E-state index in [0.717, 1.165) is 13.8 Å². The van der Waals surface area contributed by atoms with E-state index in [4.69, 9.17) is 0 Å². The lowest BCUT2D eigenvalue weighted by molar-refractivity contribution is -0.214. The van der Waals surface area contributed by atoms with Gasteiger partial charge in [0.15, 0.2) is 5.54 Å². The molecule has 1 aromatic carbocycles. The van der Waals surface area contributed by atoms with Crippen LogP contribution in [0.3, 0.4) is 0 Å². The van der Waals surface area contributed by atoms with Crippen molar-refractivity contribution in [3.8, 4) is 0 Å². The average molecular weight is 331 g/mol. The number of carbonyl (C=O) groups excluding carboxylic acids is 1. The molecule has 0 aliphatic carbocycles. The molecule has 1 amide bonds. The third kappa shape index (κ3) is 4.03. The predicted octanol–water partition coefficient (Wildman–Crippen LogP) is 3.47. The van der Waals surface area contributed by atoms with Crippen LogP contribution in [-0.4, -0.2) is 23.2 Å². The fraction of sp³-hybridized carbons (Fsp3) is 0.500. The van der Waals surface area contributed by atoms with Gasteiger partial charge in [0.2, 0.25) is 5.91 Å². The molecule has 4 nitrogen and oxygen atoms in total. The van der Waals surface area contributed by atoms with E-state index in [9.17, 15) is 27.9 Å². The van der Waals surface area contributed by atoms with Gasteiger partial charge in [-0.1, -0.05) is 51.1 Å². The number of carbonyl (C=O) groups is 2. The van der Waals surface area contributed by atoms with Gasteiger partial charge in [0.1, 0.15) is 0 Å². The maximum atomic E-state index is 12.9. The molecule has 7 heteroatoms. The van der Waals surface area contributed by atoms with Crippen LogP contribution < -0.4 is 5.32 Å². The van der Waals surface area contributed by atoms with Crippen LogP contribution in [0.25, 0.3) is 0 Å². The Kier molecular flexibility index (Phi) is 5.45. The van der Waals surface area contributed by atoms with Gasteiger partial charge in [-0.25, -0.2) is 4.79 Å². The Morgan fingerprint density at radius 1 is 1.13 bits per heavy atom. The van der Waals surface area contributed by atoms with Crippen molar-refractivity contribution >= 4 is 11.9 Å². The fourth-order valence-corrected chi connectivity index (χ4v) is 2.20. The van der Waals surface area contributed by atoms with Gasteiger partial charge in [-0.3, -0.25) is 4.79 Å². The van der Waals surface area contributed by atoms with E-state index in [1.54, 1.807) is 25.1 Å². The molecule has 23 heavy (non-hydrogen) atoms. The summed E-state index contributed by atoms with van der Waals surface area (Å²) >= 11 is 0. The quantitative estimate of drug-likeness (QED) is 0.839. The lowest BCUT2D eigenvalue weighted by Gasteiger charge is -2.32. The zero-order valence-electron chi connectivity index (χ0n) is 13.2. The number of rotatable bonds is 6. The molecule has 0 aliphatic rings. The van der Waals surface area contributed by atoms with Crippen molar-refractivity contribution in [1.29, 1.82) is 0 Å². The van der Waals surface area contributed by atoms with Crippen molar-refractivity contribution in [3.63, 3.8) is 0 Å². The highest BCUT2D eigenvalue weighted by atomic mass is 19.4. The third-order valence-electron chi connectivity index (χ3n) is 3.88. The SMILES string of the molecule is CCC(NC(=O)CC(C)(C)C(F)(F)F)(C(=O)O)c1ccccc1. The summed E-state index contributed by atoms with van der Waals surface area (Å²) in [5, 5.41) is 11.8. The number of amides is 1. The number of alkyl halides is 3. The van der Waals surface area contributed by atoms with Crippen molar-refractivity contribution in [3.05, 3.63) is 35.9 Å². The number of hydrogen-bond donors (Lipinski definition) is 2. The minimum Gasteiger partial charge on any atom is -0.479 e. The van der Waals surface area contributed by atoms with Crippen LogP contribution in [0.5, 0.6) is 0 Å². The predicted molar refractivity (Wildman–Crippen MR) is 78.6 cm³/mol. The second kappa shape index (κ2) is 6.60. The van der Waals surface area contributed by atoms with Crippen LogP contribution in [-0.2, 0) is 15.1 Å². The van der Waals surface area contributed by atoms with Crippen LogP contribution in [0.1, 0.15) is 39.2 Å². The lowest BCUT2D eigenvalue weighted by Crippen LogP contribution is -2.53. The molecule has 1 aromatic rings. The normalized spacial score (nSPS) is 14.9. The zero-order valence-corrected chi connectivity index (χ0v) is 13.2. The first-order valence-corrected chi connectivity index (χ1v) is 7.13. The number of aliphatic carboxylic acids is 1. The maximum Gasteiger partial charge on any atom is 0.394 e. The Balaban J connectivity index is 3.09. The summed E-state index contributed by atoms with van der Waals surface area (Å²) in [7, 11) is 0. The van der Waals surface area contributed by atoms with Gasteiger partial charge in [-0.2, -0.15) is 13.2 Å². The number of benzene rings is 1. The standard InChI is InChI=1S/C16H20F3NO3/c1-4-15(13(22)23,11-8-6-5-7-9-11)20-12(21)10-14(2,3)16(17,18)19/h5-9H,4,10H2,1-3H3,(H,20,21)(H,22,23). The first kappa shape index (κ1) is 19.0. The molecule has 0 spiro atoms. The van der Waals surface area contributed by atoms with Crippen molar-refractivity contribution in [2.45, 2.75) is 45.3 Å². The lowest BCUT2D eigenvalue weighted by atomic mass is 9.84. The van der Waals surface area contributed by atoms with Gasteiger partial charge in [0.25, 0.3) is 0 Å². The molecule has 0 heterocycles. The van der Waals surface area contributed by atoms with Crippen LogP contribution in [0.2, 0.25) is 0 Å². The molecule has 1 rings (SSSR count). The molecule has 0 saturated carbocycles. The molecule has 1 unspecified atom stereocenters. The van der Waals surface area contributed by atoms with Gasteiger partial charge in [0, 0.05) is 6.42 Å². The summed E-state index contributed by atoms with van der Waals surface area (Å²) in [6.07, 6.45) is -5.40. The summed E-state index contributed by atoms with van der Waals surface area (Å²) < 4.78 is 38.7. The molecule has 1 atom stereocenters. The van der Waals surface area contributed by atoms with Crippen molar-refractivity contribution in [1.82, 2.24) is 5.32 Å². The second-order valence-corrected chi connectivity index (χ2v) is 6.04. The van der Waals surface area contributed by atoms with Crippen molar-refractivity contribution in [2.24, 2.45) is 5.41 Å². The summed E-state index contributed by atoms with van der Waals surface area (Å²) in [6, 6.07) is 7.93. The second-order valence-electron chi connectivity index (χ2n) is 6.04. The number of carboxylic acid groups (broad SMARTS) is 1. The van der Waals surface area contributed by atoms with E-state index >= 15 is 0 Å². The highest BCUT2D eigenvalue weighted by Gasteiger charge is 2.49. The third-order valence-corrected chi connectivity index (χ3v) is 3.88. The van der Waals surface area contributed by atoms with Gasteiger partial charge < -0.3 is 10.4 Å². The zero-order chi connectivity index (χ0) is 17.9. The van der Waals surface area contributed by atoms with Crippen LogP contribution >= 0.6 is 0 Å². The number of halogens is 3. The van der Waals surface area contributed by atoms with E-state index in [0.29, 0.717) is 5.56 Å². The molecule has 0 radical (unpaired) electrons. The summed E-state index contributed by atoms with van der Waals surface area (Å²) in [4.78, 5) is 23.8. The van der Waals surface area contributed by atoms with Gasteiger partial charge in [0.05, 0.1) is 5.41 Å². The smallest absolute Gasteiger partial charge is 0.394 e. The van der Waals surface area contributed by atoms with E-state index in [2.05, 4.69) is 5.32 Å². The topological polar surface area (TPSA) is 66.4 Å². The minimum absolute atomic E-state index is 0.00450. The average Bonchev–Trinajstić information content (AvgIpc) is 2.43. The largest absolute Gasteiger partial charge is 0.479 e. The monoisotopic (exact) mass is 331 g/mol. The maximum absolute atomic E-state index is 12.9. The highest BCUT2D eigenvalue weighted by Crippen LogP contribution is 2.40. The van der Waals surface area contributed by atoms with Crippen molar-refractivity contribution in [2.75, 3.05) is 0 Å². The Labute approximate surface area is 132 Å². The molecule has 0 fully saturated rings. The summed E-state index contributed by atoms with van der Waals surface area (Å²) in [6.45, 7) is 3.36. The Hall–Kier alpha value is -2.05. The molecule has 0 aromatic heterocycles. The van der Waals surface area contributed by atoms with E-state index in [1.165, 1.54) is 12.1 Å². The Morgan fingerprint density at radius 3 is 2.04 bits per heavy atom. The molecular weight excluding hydrogens is 311 g/mol. The molecular formula is C16H20F3NO3. The van der Waals surface area contributed by atoms with Crippen LogP contribution in [0.4, 0.5) is 13.2 Å². The number of nitrogens with one attached hydrogen (secondary N) is 1. The highest BCUT2D eigenvalue weighted by molar-refractivity contribution is 5.88. The Bertz CT molecular complexity index is 570. The molecule has 0 aliphatic heterocycles. The van der Waals surface area contributed by atoms with Crippen LogP contribution in [0, 0.1) is 5.41 Å². The first-order valence-electron chi connectivity index (χ1n) is 7.13. The Morgan fingerprint density at radius 2 is 1.65 bits per heavy atom. The molecule has 2 N–H and O–H groups in total. The van der Waals surface area contributed by atoms with Gasteiger partial charge in [-0.05, 0) is 12.0 Å². The summed E-state index contributed by atoms with van der Waals surface area (Å²) in [5.41, 5.74) is -3.68. The van der Waals surface area contributed by atoms with E-state index in [-0.39, 0.29) is 6.42 Å². The van der Waals surface area contributed by atoms with Crippen molar-refractivity contribution < 1.29 is 27.9 Å². The first-order chi connectivity index (χ1) is 10.5. The molecule has 0 saturated heterocycles. The minimum atomic E-state index is -4.56. The van der Waals surface area contributed by atoms with E-state index < -0.39 is 35.4 Å².